The third-order valence-corrected chi connectivity index (χ3v) is 29.3. The highest BCUT2D eigenvalue weighted by Gasteiger charge is 2.56. The largest absolute Gasteiger partial charge is 0.507 e. The number of hydrogen-bond acceptors (Lipinski definition) is 16. The Morgan fingerprint density at radius 2 is 0.500 bits per heavy atom. The molecule has 0 radical (unpaired) electrons. The van der Waals surface area contributed by atoms with Gasteiger partial charge in [-0.3, -0.25) is 18.3 Å². The molecule has 0 fully saturated rings. The topological polar surface area (TPSA) is 201 Å². The molecule has 0 amide bonds. The van der Waals surface area contributed by atoms with Crippen LogP contribution in [0.5, 0.6) is 23.0 Å². The van der Waals surface area contributed by atoms with Crippen LogP contribution in [0.25, 0.3) is 0 Å². The number of fused-ring (bicyclic) bond motifs is 8. The summed E-state index contributed by atoms with van der Waals surface area (Å²) in [6, 6.07) is 18.5. The van der Waals surface area contributed by atoms with E-state index in [1.165, 1.54) is 77.0 Å². The molecule has 2 N–H and O–H groups in total. The molecule has 556 valence electrons. The summed E-state index contributed by atoms with van der Waals surface area (Å²) in [7, 11) is -18.2. The number of phenols is 2. The lowest BCUT2D eigenvalue weighted by atomic mass is 9.90. The van der Waals surface area contributed by atoms with Crippen molar-refractivity contribution in [2.45, 2.75) is 338 Å². The lowest BCUT2D eigenvalue weighted by Gasteiger charge is -2.36. The normalized spacial score (nSPS) is 13.6. The first-order chi connectivity index (χ1) is 46.4. The maximum Gasteiger partial charge on any atom is 0.350 e. The van der Waals surface area contributed by atoms with Gasteiger partial charge >= 0.3 is 30.4 Å². The zero-order chi connectivity index (χ0) is 72.4. The molecule has 4 aromatic rings. The van der Waals surface area contributed by atoms with E-state index < -0.39 is 90.0 Å². The first kappa shape index (κ1) is 85.3. The lowest BCUT2D eigenvalue weighted by molar-refractivity contribution is 0.120. The number of para-hydroxylation sites is 2. The van der Waals surface area contributed by atoms with Crippen LogP contribution in [0.2, 0.25) is 0 Å². The number of phenolic OH excluding ortho intramolecular Hbond substituents is 2. The van der Waals surface area contributed by atoms with Crippen LogP contribution in [-0.2, 0) is 80.1 Å². The van der Waals surface area contributed by atoms with Crippen LogP contribution in [0.15, 0.2) is 60.7 Å². The van der Waals surface area contributed by atoms with E-state index in [2.05, 4.69) is 13.8 Å². The van der Waals surface area contributed by atoms with Crippen molar-refractivity contribution in [3.8, 4) is 23.0 Å². The van der Waals surface area contributed by atoms with Crippen LogP contribution in [0.4, 0.5) is 0 Å². The van der Waals surface area contributed by atoms with Gasteiger partial charge in [-0.15, -0.1) is 0 Å². The predicted octanol–water partition coefficient (Wildman–Crippen LogP) is 24.5. The molecule has 0 unspecified atom stereocenters. The third kappa shape index (κ3) is 26.7. The van der Waals surface area contributed by atoms with E-state index in [1.807, 2.05) is 36.4 Å². The molecule has 98 heavy (non-hydrogen) atoms. The average molecular weight is 1450 g/mol. The van der Waals surface area contributed by atoms with Gasteiger partial charge in [-0.05, 0) is 179 Å². The molecule has 1 aliphatic carbocycles. The molecule has 5 rings (SSSR count). The monoisotopic (exact) mass is 1440 g/mol. The molecule has 0 saturated heterocycles. The number of ether oxygens (including phenoxy) is 2. The van der Waals surface area contributed by atoms with Gasteiger partial charge in [0.15, 0.2) is 10.8 Å². The zero-order valence-corrected chi connectivity index (χ0v) is 66.9. The van der Waals surface area contributed by atoms with E-state index in [4.69, 9.17) is 45.7 Å². The summed E-state index contributed by atoms with van der Waals surface area (Å²) in [4.78, 5) is 0. The minimum absolute atomic E-state index is 0.0441. The lowest BCUT2D eigenvalue weighted by Crippen LogP contribution is -2.19. The molecular weight excluding hydrogens is 1320 g/mol. The van der Waals surface area contributed by atoms with Gasteiger partial charge in [-0.25, -0.2) is 0 Å². The van der Waals surface area contributed by atoms with Gasteiger partial charge in [0.25, 0.3) is 0 Å². The van der Waals surface area contributed by atoms with E-state index in [9.17, 15) is 10.2 Å². The van der Waals surface area contributed by atoms with Crippen molar-refractivity contribution in [2.75, 3.05) is 13.2 Å². The number of unbranched alkanes of at least 4 members (excludes halogenated alkanes) is 18. The Kier molecular flexibility index (Phi) is 36.4. The van der Waals surface area contributed by atoms with Crippen molar-refractivity contribution in [3.63, 3.8) is 0 Å². The standard InChI is InChI=1S/C78H128O16P4/c1-19-21-23-25-27-29-31-33-35-37-45-85-75-63-41-39-42-64(75)48-68-52-72(78(97(83,91-59(11)12)92-60(13)14)98(84,93-61(15)16)94-62(17)18)54-70(74(68)80)50-66-44-40-43-65(76(66)86-46-38-36-34-32-30-28-26-24-22-20-2)49-69-53-71(51-67(47-63)73(69)79)77(95(81,87-55(3)4)88-56(5)6)96(82,89-57(7)8)90-58(9)10/h39-44,51-62,77-80H,19-38,45-50H2,1-18H3. The molecule has 0 saturated carbocycles. The number of rotatable bonds is 46. The van der Waals surface area contributed by atoms with E-state index in [0.29, 0.717) is 69.2 Å². The summed E-state index contributed by atoms with van der Waals surface area (Å²) in [5, 5.41) is 23.1. The van der Waals surface area contributed by atoms with Crippen LogP contribution in [-0.4, -0.2) is 72.3 Å². The Bertz CT molecular complexity index is 2800. The van der Waals surface area contributed by atoms with Crippen molar-refractivity contribution in [2.24, 2.45) is 0 Å². The van der Waals surface area contributed by atoms with E-state index in [-0.39, 0.29) is 48.3 Å². The minimum Gasteiger partial charge on any atom is -0.507 e. The van der Waals surface area contributed by atoms with Crippen LogP contribution in [0, 0.1) is 0 Å². The molecule has 1 aliphatic rings. The van der Waals surface area contributed by atoms with Gasteiger partial charge in [0.1, 0.15) is 23.0 Å². The molecule has 4 aromatic carbocycles. The molecule has 20 heteroatoms. The third-order valence-electron chi connectivity index (χ3n) is 16.6. The van der Waals surface area contributed by atoms with Crippen molar-refractivity contribution < 1.29 is 74.1 Å². The molecule has 0 aromatic heterocycles. The van der Waals surface area contributed by atoms with Crippen molar-refractivity contribution in [1.29, 1.82) is 0 Å². The summed E-state index contributed by atoms with van der Waals surface area (Å²) >= 11 is 0. The van der Waals surface area contributed by atoms with Gasteiger partial charge in [0.05, 0.1) is 62.0 Å². The second-order valence-corrected chi connectivity index (χ2v) is 38.0. The molecule has 0 spiro atoms. The van der Waals surface area contributed by atoms with Gasteiger partial charge in [0.2, 0.25) is 0 Å². The summed E-state index contributed by atoms with van der Waals surface area (Å²) in [5.74, 6) is 0.934. The van der Waals surface area contributed by atoms with E-state index >= 15 is 18.3 Å². The Balaban J connectivity index is 1.92. The molecule has 16 nitrogen and oxygen atoms in total. The Labute approximate surface area is 592 Å². The fourth-order valence-corrected chi connectivity index (χ4v) is 24.9. The van der Waals surface area contributed by atoms with Crippen LogP contribution in [0.3, 0.4) is 0 Å². The number of hydrogen-bond donors (Lipinski definition) is 2. The van der Waals surface area contributed by atoms with Crippen LogP contribution in [0.1, 0.15) is 319 Å². The Hall–Kier alpha value is -3.32. The summed E-state index contributed by atoms with van der Waals surface area (Å²) in [5.41, 5.74) is 4.81. The van der Waals surface area contributed by atoms with Crippen molar-refractivity contribution >= 4 is 30.4 Å². The summed E-state index contributed by atoms with van der Waals surface area (Å²) in [6.07, 6.45) is 17.5. The zero-order valence-electron chi connectivity index (χ0n) is 63.3. The fraction of sp³-hybridized carbons (Fsp3) is 0.692. The SMILES string of the molecule is CCCCCCCCCCCCOc1c2cccc1Cc1cc(C(P(=O)(OC(C)C)OC(C)C)P(=O)(OC(C)C)OC(C)C)cc(c1O)Cc1cccc(c1OCCCCCCCCCCCC)Cc1cc(C(P(=O)(OC(C)C)OC(C)C)P(=O)(OC(C)C)OC(C)C)cc(c1O)C2. The first-order valence-electron chi connectivity index (χ1n) is 37.4. The molecule has 0 atom stereocenters. The van der Waals surface area contributed by atoms with Crippen molar-refractivity contribution in [3.05, 3.63) is 116 Å². The fourth-order valence-electron chi connectivity index (χ4n) is 13.0. The average Bonchev–Trinajstić information content (AvgIpc) is 0.754. The minimum atomic E-state index is -4.56. The maximum atomic E-state index is 16.2. The summed E-state index contributed by atoms with van der Waals surface area (Å²) < 4.78 is 130. The highest BCUT2D eigenvalue weighted by Crippen LogP contribution is 2.81. The quantitative estimate of drug-likeness (QED) is 0.0275. The first-order valence-corrected chi connectivity index (χ1v) is 43.8. The number of benzene rings is 4. The van der Waals surface area contributed by atoms with E-state index in [0.717, 1.165) is 51.4 Å². The van der Waals surface area contributed by atoms with Gasteiger partial charge in [-0.1, -0.05) is 190 Å². The Morgan fingerprint density at radius 3 is 0.694 bits per heavy atom. The molecular formula is C78H128O16P4. The highest BCUT2D eigenvalue weighted by atomic mass is 31.2. The van der Waals surface area contributed by atoms with Crippen LogP contribution < -0.4 is 9.47 Å². The highest BCUT2D eigenvalue weighted by molar-refractivity contribution is 7.72. The van der Waals surface area contributed by atoms with Crippen molar-refractivity contribution in [1.82, 2.24) is 0 Å². The second-order valence-electron chi connectivity index (χ2n) is 29.1. The van der Waals surface area contributed by atoms with Gasteiger partial charge < -0.3 is 55.9 Å². The maximum absolute atomic E-state index is 16.2. The Morgan fingerprint density at radius 1 is 0.306 bits per heavy atom. The smallest absolute Gasteiger partial charge is 0.350 e. The predicted molar refractivity (Wildman–Crippen MR) is 401 cm³/mol. The molecule has 0 heterocycles. The summed E-state index contributed by atoms with van der Waals surface area (Å²) in [6.45, 7) is 33.2. The van der Waals surface area contributed by atoms with Crippen LogP contribution >= 0.6 is 30.4 Å². The molecule has 0 aliphatic heterocycles. The number of aromatic hydroxyl groups is 2. The van der Waals surface area contributed by atoms with Gasteiger partial charge in [-0.2, -0.15) is 0 Å². The van der Waals surface area contributed by atoms with Gasteiger partial charge in [0, 0.05) is 25.7 Å². The van der Waals surface area contributed by atoms with E-state index in [1.54, 1.807) is 135 Å². The molecule has 8 bridgehead atoms. The second kappa shape index (κ2) is 41.8.